The van der Waals surface area contributed by atoms with E-state index in [2.05, 4.69) is 0 Å². The maximum atomic E-state index is 11.0. The molecule has 76 valence electrons. The zero-order valence-corrected chi connectivity index (χ0v) is 8.53. The van der Waals surface area contributed by atoms with Gasteiger partial charge in [-0.25, -0.2) is 4.21 Å². The van der Waals surface area contributed by atoms with E-state index in [-0.39, 0.29) is 0 Å². The molecule has 0 aliphatic carbocycles. The molecule has 0 fully saturated rings. The van der Waals surface area contributed by atoms with Crippen LogP contribution < -0.4 is 0 Å². The molecule has 0 aliphatic rings. The van der Waals surface area contributed by atoms with Crippen molar-refractivity contribution in [1.82, 2.24) is 0 Å². The lowest BCUT2D eigenvalue weighted by molar-refractivity contribution is 0.112. The second kappa shape index (κ2) is 3.92. The minimum absolute atomic E-state index is 0.330. The van der Waals surface area contributed by atoms with Crippen LogP contribution in [-0.2, 0) is 11.1 Å². The normalized spacial score (nSPS) is 12.6. The first kappa shape index (κ1) is 10.0. The second-order valence-corrected chi connectivity index (χ2v) is 4.00. The van der Waals surface area contributed by atoms with Crippen molar-refractivity contribution in [2.75, 3.05) is 0 Å². The molecule has 0 aromatic heterocycles. The predicted molar refractivity (Wildman–Crippen MR) is 58.4 cm³/mol. The lowest BCUT2D eigenvalue weighted by atomic mass is 10.1. The first-order valence-electron chi connectivity index (χ1n) is 4.32. The topological polar surface area (TPSA) is 54.4 Å². The first-order chi connectivity index (χ1) is 7.24. The van der Waals surface area contributed by atoms with Gasteiger partial charge in [-0.05, 0) is 17.5 Å². The van der Waals surface area contributed by atoms with Crippen LogP contribution >= 0.6 is 0 Å². The highest BCUT2D eigenvalue weighted by atomic mass is 32.2. The molecule has 0 saturated heterocycles. The molecule has 3 nitrogen and oxygen atoms in total. The number of hydrogen-bond acceptors (Lipinski definition) is 2. The Morgan fingerprint density at radius 2 is 1.73 bits per heavy atom. The van der Waals surface area contributed by atoms with Gasteiger partial charge in [-0.3, -0.25) is 4.79 Å². The van der Waals surface area contributed by atoms with Gasteiger partial charge in [0.25, 0.3) is 0 Å². The van der Waals surface area contributed by atoms with Crippen molar-refractivity contribution in [1.29, 1.82) is 0 Å². The van der Waals surface area contributed by atoms with E-state index in [0.29, 0.717) is 21.2 Å². The van der Waals surface area contributed by atoms with Crippen molar-refractivity contribution in [2.45, 2.75) is 4.90 Å². The number of aldehydes is 1. The van der Waals surface area contributed by atoms with Gasteiger partial charge in [-0.2, -0.15) is 0 Å². The van der Waals surface area contributed by atoms with Gasteiger partial charge in [0.15, 0.2) is 17.4 Å². The Kier molecular flexibility index (Phi) is 2.62. The third-order valence-electron chi connectivity index (χ3n) is 2.23. The fraction of sp³-hybridized carbons (Fsp3) is 0. The summed E-state index contributed by atoms with van der Waals surface area (Å²) in [4.78, 5) is 11.1. The van der Waals surface area contributed by atoms with Crippen molar-refractivity contribution in [2.24, 2.45) is 0 Å². The number of fused-ring (bicyclic) bond motifs is 1. The molecule has 1 unspecified atom stereocenters. The molecule has 0 amide bonds. The Hall–Kier alpha value is -1.52. The molecular formula is C11H8O3S. The van der Waals surface area contributed by atoms with E-state index in [4.69, 9.17) is 4.55 Å². The van der Waals surface area contributed by atoms with E-state index in [0.717, 1.165) is 6.29 Å². The lowest BCUT2D eigenvalue weighted by Crippen LogP contribution is -1.92. The minimum Gasteiger partial charge on any atom is -0.302 e. The smallest absolute Gasteiger partial charge is 0.187 e. The molecule has 0 heterocycles. The predicted octanol–water partition coefficient (Wildman–Crippen LogP) is 2.23. The summed E-state index contributed by atoms with van der Waals surface area (Å²) in [5.74, 6) is 0. The van der Waals surface area contributed by atoms with Crippen LogP contribution in [0.15, 0.2) is 41.3 Å². The molecule has 15 heavy (non-hydrogen) atoms. The van der Waals surface area contributed by atoms with Crippen LogP contribution in [0.4, 0.5) is 0 Å². The first-order valence-corrected chi connectivity index (χ1v) is 5.42. The number of rotatable bonds is 2. The summed E-state index contributed by atoms with van der Waals surface area (Å²) in [7, 11) is 0. The SMILES string of the molecule is O=Cc1ccc(S(=O)O)c2ccccc12. The average molecular weight is 220 g/mol. The summed E-state index contributed by atoms with van der Waals surface area (Å²) in [5, 5.41) is 1.34. The third kappa shape index (κ3) is 1.69. The van der Waals surface area contributed by atoms with Crippen molar-refractivity contribution in [3.8, 4) is 0 Å². The molecule has 0 spiro atoms. The fourth-order valence-corrected chi connectivity index (χ4v) is 2.10. The molecule has 0 saturated carbocycles. The average Bonchev–Trinajstić information content (AvgIpc) is 2.27. The van der Waals surface area contributed by atoms with Gasteiger partial charge in [0.2, 0.25) is 0 Å². The van der Waals surface area contributed by atoms with Crippen LogP contribution in [0.25, 0.3) is 10.8 Å². The van der Waals surface area contributed by atoms with Gasteiger partial charge in [0, 0.05) is 10.9 Å². The molecule has 0 bridgehead atoms. The molecule has 2 rings (SSSR count). The number of carbonyl (C=O) groups excluding carboxylic acids is 1. The summed E-state index contributed by atoms with van der Waals surface area (Å²) in [6, 6.07) is 10.1. The summed E-state index contributed by atoms with van der Waals surface area (Å²) in [6.45, 7) is 0. The Bertz CT molecular complexity index is 549. The van der Waals surface area contributed by atoms with E-state index in [1.54, 1.807) is 30.3 Å². The fourth-order valence-electron chi connectivity index (χ4n) is 1.55. The van der Waals surface area contributed by atoms with Gasteiger partial charge in [-0.15, -0.1) is 0 Å². The molecule has 2 aromatic carbocycles. The highest BCUT2D eigenvalue weighted by molar-refractivity contribution is 7.79. The van der Waals surface area contributed by atoms with Gasteiger partial charge in [0.1, 0.15) is 0 Å². The minimum atomic E-state index is -2.03. The molecule has 1 N–H and O–H groups in total. The maximum absolute atomic E-state index is 11.0. The Labute approximate surface area is 89.0 Å². The van der Waals surface area contributed by atoms with Crippen LogP contribution in [0.1, 0.15) is 10.4 Å². The van der Waals surface area contributed by atoms with Crippen molar-refractivity contribution in [3.05, 3.63) is 42.0 Å². The molecule has 1 atom stereocenters. The van der Waals surface area contributed by atoms with Gasteiger partial charge in [0.05, 0.1) is 4.90 Å². The van der Waals surface area contributed by atoms with Crippen molar-refractivity contribution < 1.29 is 13.6 Å². The molecule has 0 aliphatic heterocycles. The standard InChI is InChI=1S/C11H8O3S/c12-7-8-5-6-11(15(13)14)10-4-2-1-3-9(8)10/h1-7H,(H,13,14). The van der Waals surface area contributed by atoms with Gasteiger partial charge >= 0.3 is 0 Å². The van der Waals surface area contributed by atoms with E-state index in [1.165, 1.54) is 6.07 Å². The molecule has 0 radical (unpaired) electrons. The molecular weight excluding hydrogens is 212 g/mol. The number of carbonyl (C=O) groups is 1. The van der Waals surface area contributed by atoms with Gasteiger partial charge < -0.3 is 4.55 Å². The van der Waals surface area contributed by atoms with Crippen LogP contribution in [-0.4, -0.2) is 15.0 Å². The zero-order valence-electron chi connectivity index (χ0n) is 7.71. The maximum Gasteiger partial charge on any atom is 0.187 e. The van der Waals surface area contributed by atoms with Crippen LogP contribution in [0.5, 0.6) is 0 Å². The van der Waals surface area contributed by atoms with E-state index < -0.39 is 11.1 Å². The van der Waals surface area contributed by atoms with Crippen molar-refractivity contribution in [3.63, 3.8) is 0 Å². The Morgan fingerprint density at radius 3 is 2.33 bits per heavy atom. The van der Waals surface area contributed by atoms with Crippen LogP contribution in [0.2, 0.25) is 0 Å². The van der Waals surface area contributed by atoms with E-state index >= 15 is 0 Å². The zero-order chi connectivity index (χ0) is 10.8. The van der Waals surface area contributed by atoms with E-state index in [9.17, 15) is 9.00 Å². The lowest BCUT2D eigenvalue weighted by Gasteiger charge is -2.04. The monoisotopic (exact) mass is 220 g/mol. The largest absolute Gasteiger partial charge is 0.302 e. The highest BCUT2D eigenvalue weighted by Gasteiger charge is 2.08. The highest BCUT2D eigenvalue weighted by Crippen LogP contribution is 2.23. The third-order valence-corrected chi connectivity index (χ3v) is 2.97. The quantitative estimate of drug-likeness (QED) is 0.623. The number of benzene rings is 2. The van der Waals surface area contributed by atoms with Crippen molar-refractivity contribution >= 4 is 28.1 Å². The second-order valence-electron chi connectivity index (χ2n) is 3.07. The van der Waals surface area contributed by atoms with E-state index in [1.807, 2.05) is 0 Å². The van der Waals surface area contributed by atoms with Crippen LogP contribution in [0.3, 0.4) is 0 Å². The summed E-state index contributed by atoms with van der Waals surface area (Å²) >= 11 is -2.03. The summed E-state index contributed by atoms with van der Waals surface area (Å²) in [5.41, 5.74) is 0.528. The number of hydrogen-bond donors (Lipinski definition) is 1. The van der Waals surface area contributed by atoms with Gasteiger partial charge in [-0.1, -0.05) is 24.3 Å². The molecule has 4 heteroatoms. The summed E-state index contributed by atoms with van der Waals surface area (Å²) < 4.78 is 20.1. The Morgan fingerprint density at radius 1 is 1.07 bits per heavy atom. The molecule has 2 aromatic rings. The summed E-state index contributed by atoms with van der Waals surface area (Å²) in [6.07, 6.45) is 0.742. The van der Waals surface area contributed by atoms with Crippen LogP contribution in [0, 0.1) is 0 Å². The Balaban J connectivity index is 2.89.